The molecule has 1 aromatic heterocycles. The molecule has 0 radical (unpaired) electrons. The first-order valence-corrected chi connectivity index (χ1v) is 6.14. The molecule has 1 aliphatic heterocycles. The summed E-state index contributed by atoms with van der Waals surface area (Å²) < 4.78 is 0. The zero-order valence-electron chi connectivity index (χ0n) is 10.2. The number of anilines is 1. The van der Waals surface area contributed by atoms with E-state index in [1.165, 1.54) is 12.8 Å². The van der Waals surface area contributed by atoms with E-state index in [-0.39, 0.29) is 0 Å². The molecule has 2 heterocycles. The van der Waals surface area contributed by atoms with E-state index in [0.717, 1.165) is 25.1 Å². The van der Waals surface area contributed by atoms with Crippen molar-refractivity contribution in [2.45, 2.75) is 32.2 Å². The quantitative estimate of drug-likeness (QED) is 0.828. The van der Waals surface area contributed by atoms with Gasteiger partial charge in [0.2, 0.25) is 0 Å². The van der Waals surface area contributed by atoms with Gasteiger partial charge in [-0.3, -0.25) is 0 Å². The van der Waals surface area contributed by atoms with Gasteiger partial charge >= 0.3 is 0 Å². The van der Waals surface area contributed by atoms with Crippen molar-refractivity contribution in [2.75, 3.05) is 18.4 Å². The summed E-state index contributed by atoms with van der Waals surface area (Å²) in [5.41, 5.74) is 1.64. The maximum Gasteiger partial charge on any atom is 0.144 e. The Morgan fingerprint density at radius 1 is 1.65 bits per heavy atom. The summed E-state index contributed by atoms with van der Waals surface area (Å²) in [4.78, 5) is 4.22. The molecule has 90 valence electrons. The number of hydrogen-bond donors (Lipinski definition) is 2. The van der Waals surface area contributed by atoms with E-state index in [0.29, 0.717) is 17.4 Å². The first kappa shape index (κ1) is 11.9. The Hall–Kier alpha value is -1.60. The normalized spacial score (nSPS) is 18.9. The third-order valence-corrected chi connectivity index (χ3v) is 3.22. The summed E-state index contributed by atoms with van der Waals surface area (Å²) in [6, 6.07) is 4.69. The molecule has 1 aliphatic rings. The Bertz CT molecular complexity index is 416. The molecular formula is C13H18N4. The molecule has 2 N–H and O–H groups in total. The van der Waals surface area contributed by atoms with Gasteiger partial charge in [0.1, 0.15) is 11.9 Å². The van der Waals surface area contributed by atoms with Crippen molar-refractivity contribution in [2.24, 2.45) is 0 Å². The van der Waals surface area contributed by atoms with Crippen molar-refractivity contribution in [3.8, 4) is 6.07 Å². The Kier molecular flexibility index (Phi) is 3.94. The maximum absolute atomic E-state index is 9.07. The summed E-state index contributed by atoms with van der Waals surface area (Å²) in [6.07, 6.45) is 5.36. The number of nitrogens with zero attached hydrogens (tertiary/aromatic N) is 2. The molecular weight excluding hydrogens is 212 g/mol. The minimum absolute atomic E-state index is 0.623. The van der Waals surface area contributed by atoms with E-state index in [4.69, 9.17) is 5.26 Å². The van der Waals surface area contributed by atoms with Crippen LogP contribution >= 0.6 is 0 Å². The van der Waals surface area contributed by atoms with Crippen LogP contribution in [0.5, 0.6) is 0 Å². The van der Waals surface area contributed by atoms with Gasteiger partial charge in [-0.05, 0) is 44.4 Å². The van der Waals surface area contributed by atoms with Crippen molar-refractivity contribution in [1.82, 2.24) is 10.3 Å². The Labute approximate surface area is 102 Å². The number of hydrogen-bond acceptors (Lipinski definition) is 4. The maximum atomic E-state index is 9.07. The molecule has 1 saturated heterocycles. The number of aryl methyl sites for hydroxylation is 1. The van der Waals surface area contributed by atoms with E-state index in [9.17, 15) is 0 Å². The fraction of sp³-hybridized carbons (Fsp3) is 0.538. The molecule has 0 aromatic carbocycles. The second-order valence-electron chi connectivity index (χ2n) is 4.47. The fourth-order valence-corrected chi connectivity index (χ4v) is 2.20. The van der Waals surface area contributed by atoms with Crippen molar-refractivity contribution >= 4 is 5.82 Å². The fourth-order valence-electron chi connectivity index (χ4n) is 2.20. The Morgan fingerprint density at radius 2 is 2.53 bits per heavy atom. The average molecular weight is 230 g/mol. The zero-order chi connectivity index (χ0) is 12.1. The molecule has 0 aliphatic carbocycles. The molecule has 0 spiro atoms. The van der Waals surface area contributed by atoms with Gasteiger partial charge in [0, 0.05) is 18.8 Å². The molecule has 0 bridgehead atoms. The molecule has 1 aromatic rings. The predicted molar refractivity (Wildman–Crippen MR) is 67.8 cm³/mol. The van der Waals surface area contributed by atoms with Crippen molar-refractivity contribution in [3.05, 3.63) is 23.4 Å². The number of nitriles is 1. The summed E-state index contributed by atoms with van der Waals surface area (Å²) >= 11 is 0. The van der Waals surface area contributed by atoms with Crippen LogP contribution in [0.15, 0.2) is 12.3 Å². The third-order valence-electron chi connectivity index (χ3n) is 3.22. The molecule has 1 fully saturated rings. The van der Waals surface area contributed by atoms with E-state index in [2.05, 4.69) is 21.7 Å². The second kappa shape index (κ2) is 5.65. The minimum Gasteiger partial charge on any atom is -0.369 e. The van der Waals surface area contributed by atoms with Crippen LogP contribution in [-0.2, 0) is 0 Å². The van der Waals surface area contributed by atoms with Gasteiger partial charge in [-0.25, -0.2) is 4.98 Å². The van der Waals surface area contributed by atoms with Crippen LogP contribution in [0.1, 0.15) is 30.4 Å². The van der Waals surface area contributed by atoms with Crippen LogP contribution in [0.25, 0.3) is 0 Å². The molecule has 17 heavy (non-hydrogen) atoms. The lowest BCUT2D eigenvalue weighted by Crippen LogP contribution is -2.24. The van der Waals surface area contributed by atoms with Gasteiger partial charge in [0.25, 0.3) is 0 Å². The topological polar surface area (TPSA) is 60.7 Å². The summed E-state index contributed by atoms with van der Waals surface area (Å²) in [5.74, 6) is 0.713. The lowest BCUT2D eigenvalue weighted by atomic mass is 10.1. The Balaban J connectivity index is 1.90. The van der Waals surface area contributed by atoms with Gasteiger partial charge in [-0.1, -0.05) is 0 Å². The molecule has 1 unspecified atom stereocenters. The SMILES string of the molecule is Cc1ccnc(NCCC2CCCN2)c1C#N. The van der Waals surface area contributed by atoms with Gasteiger partial charge in [0.15, 0.2) is 0 Å². The highest BCUT2D eigenvalue weighted by molar-refractivity contribution is 5.55. The number of aromatic nitrogens is 1. The summed E-state index contributed by atoms with van der Waals surface area (Å²) in [7, 11) is 0. The lowest BCUT2D eigenvalue weighted by Gasteiger charge is -2.12. The molecule has 4 heteroatoms. The van der Waals surface area contributed by atoms with Crippen LogP contribution in [0.4, 0.5) is 5.82 Å². The predicted octanol–water partition coefficient (Wildman–Crippen LogP) is 1.82. The van der Waals surface area contributed by atoms with Gasteiger partial charge in [0.05, 0.1) is 5.56 Å². The highest BCUT2D eigenvalue weighted by atomic mass is 15.0. The Morgan fingerprint density at radius 3 is 3.24 bits per heavy atom. The standard InChI is InChI=1S/C13H18N4/c1-10-4-7-16-13(12(10)9-14)17-8-5-11-3-2-6-15-11/h4,7,11,15H,2-3,5-6,8H2,1H3,(H,16,17). The lowest BCUT2D eigenvalue weighted by molar-refractivity contribution is 0.574. The van der Waals surface area contributed by atoms with Crippen LogP contribution in [0, 0.1) is 18.3 Å². The minimum atomic E-state index is 0.623. The largest absolute Gasteiger partial charge is 0.369 e. The van der Waals surface area contributed by atoms with Gasteiger partial charge in [-0.15, -0.1) is 0 Å². The molecule has 1 atom stereocenters. The monoisotopic (exact) mass is 230 g/mol. The third kappa shape index (κ3) is 2.95. The van der Waals surface area contributed by atoms with Gasteiger partial charge in [-0.2, -0.15) is 5.26 Å². The van der Waals surface area contributed by atoms with E-state index < -0.39 is 0 Å². The molecule has 4 nitrogen and oxygen atoms in total. The highest BCUT2D eigenvalue weighted by Gasteiger charge is 2.13. The van der Waals surface area contributed by atoms with E-state index in [1.54, 1.807) is 6.20 Å². The summed E-state index contributed by atoms with van der Waals surface area (Å²) in [5, 5.41) is 15.8. The van der Waals surface area contributed by atoms with Crippen molar-refractivity contribution in [1.29, 1.82) is 5.26 Å². The zero-order valence-corrected chi connectivity index (χ0v) is 10.2. The first-order valence-electron chi connectivity index (χ1n) is 6.14. The molecule has 0 amide bonds. The van der Waals surface area contributed by atoms with Crippen LogP contribution in [0.3, 0.4) is 0 Å². The van der Waals surface area contributed by atoms with Crippen LogP contribution in [-0.4, -0.2) is 24.1 Å². The van der Waals surface area contributed by atoms with Crippen molar-refractivity contribution < 1.29 is 0 Å². The van der Waals surface area contributed by atoms with E-state index in [1.807, 2.05) is 13.0 Å². The summed E-state index contributed by atoms with van der Waals surface area (Å²) in [6.45, 7) is 3.93. The first-order chi connectivity index (χ1) is 8.31. The number of rotatable bonds is 4. The van der Waals surface area contributed by atoms with Crippen LogP contribution in [0.2, 0.25) is 0 Å². The van der Waals surface area contributed by atoms with Crippen molar-refractivity contribution in [3.63, 3.8) is 0 Å². The van der Waals surface area contributed by atoms with Gasteiger partial charge < -0.3 is 10.6 Å². The molecule has 2 rings (SSSR count). The smallest absolute Gasteiger partial charge is 0.144 e. The van der Waals surface area contributed by atoms with E-state index >= 15 is 0 Å². The van der Waals surface area contributed by atoms with Crippen LogP contribution < -0.4 is 10.6 Å². The highest BCUT2D eigenvalue weighted by Crippen LogP contribution is 2.15. The molecule has 0 saturated carbocycles. The average Bonchev–Trinajstić information content (AvgIpc) is 2.82. The second-order valence-corrected chi connectivity index (χ2v) is 4.47. The number of pyridine rings is 1. The number of nitrogens with one attached hydrogen (secondary N) is 2.